The Labute approximate surface area is 174 Å². The lowest BCUT2D eigenvalue weighted by atomic mass is 10.1. The molecule has 0 saturated carbocycles. The average Bonchev–Trinajstić information content (AvgIpc) is 2.73. The highest BCUT2D eigenvalue weighted by Crippen LogP contribution is 2.32. The summed E-state index contributed by atoms with van der Waals surface area (Å²) in [4.78, 5) is 15.7. The summed E-state index contributed by atoms with van der Waals surface area (Å²) in [6.45, 7) is 5.22. The first kappa shape index (κ1) is 22.0. The lowest BCUT2D eigenvalue weighted by Crippen LogP contribution is -2.46. The van der Waals surface area contributed by atoms with Crippen LogP contribution in [0.5, 0.6) is 5.75 Å². The summed E-state index contributed by atoms with van der Waals surface area (Å²) in [6, 6.07) is 13.0. The zero-order valence-corrected chi connectivity index (χ0v) is 16.8. The van der Waals surface area contributed by atoms with Crippen LogP contribution >= 0.6 is 0 Å². The third-order valence-electron chi connectivity index (χ3n) is 4.93. The topological polar surface area (TPSA) is 42.0 Å². The highest BCUT2D eigenvalue weighted by molar-refractivity contribution is 5.71. The molecule has 1 fully saturated rings. The fourth-order valence-corrected chi connectivity index (χ4v) is 3.40. The van der Waals surface area contributed by atoms with Crippen molar-refractivity contribution in [2.75, 3.05) is 44.3 Å². The molecule has 1 heterocycles. The first-order chi connectivity index (χ1) is 14.4. The Balaban J connectivity index is 1.57. The van der Waals surface area contributed by atoms with Crippen molar-refractivity contribution in [2.24, 2.45) is 0 Å². The van der Waals surface area contributed by atoms with Gasteiger partial charge in [0.2, 0.25) is 0 Å². The average molecular weight is 422 g/mol. The summed E-state index contributed by atoms with van der Waals surface area (Å²) in [6.07, 6.45) is -4.34. The third-order valence-corrected chi connectivity index (χ3v) is 4.93. The van der Waals surface area contributed by atoms with Gasteiger partial charge in [-0.15, -0.1) is 0 Å². The van der Waals surface area contributed by atoms with Gasteiger partial charge in [-0.25, -0.2) is 4.79 Å². The second-order valence-corrected chi connectivity index (χ2v) is 7.01. The van der Waals surface area contributed by atoms with Crippen LogP contribution in [0, 0.1) is 0 Å². The number of esters is 1. The van der Waals surface area contributed by atoms with Crippen molar-refractivity contribution in [3.05, 3.63) is 59.7 Å². The number of carbonyl (C=O) groups excluding carboxylic acids is 1. The molecule has 30 heavy (non-hydrogen) atoms. The van der Waals surface area contributed by atoms with E-state index in [1.807, 2.05) is 29.2 Å². The van der Waals surface area contributed by atoms with Gasteiger partial charge in [-0.1, -0.05) is 24.3 Å². The van der Waals surface area contributed by atoms with E-state index >= 15 is 0 Å². The van der Waals surface area contributed by atoms with E-state index in [0.29, 0.717) is 50.8 Å². The van der Waals surface area contributed by atoms with Crippen molar-refractivity contribution in [2.45, 2.75) is 19.6 Å². The molecule has 0 radical (unpaired) electrons. The van der Waals surface area contributed by atoms with E-state index in [-0.39, 0.29) is 6.61 Å². The van der Waals surface area contributed by atoms with Crippen LogP contribution in [-0.4, -0.2) is 50.3 Å². The number of hydrogen-bond acceptors (Lipinski definition) is 5. The lowest BCUT2D eigenvalue weighted by Gasteiger charge is -2.36. The monoisotopic (exact) mass is 422 g/mol. The van der Waals surface area contributed by atoms with Crippen LogP contribution < -0.4 is 9.64 Å². The van der Waals surface area contributed by atoms with Gasteiger partial charge in [-0.3, -0.25) is 4.90 Å². The maximum atomic E-state index is 13.0. The minimum Gasteiger partial charge on any atom is -0.482 e. The molecule has 0 amide bonds. The molecule has 0 atom stereocenters. The Kier molecular flexibility index (Phi) is 7.20. The van der Waals surface area contributed by atoms with Crippen molar-refractivity contribution < 1.29 is 27.4 Å². The number of benzene rings is 2. The number of anilines is 1. The number of para-hydroxylation sites is 1. The highest BCUT2D eigenvalue weighted by Gasteiger charge is 2.31. The van der Waals surface area contributed by atoms with Gasteiger partial charge in [0.1, 0.15) is 5.75 Å². The predicted molar refractivity (Wildman–Crippen MR) is 108 cm³/mol. The van der Waals surface area contributed by atoms with Crippen LogP contribution in [0.4, 0.5) is 18.9 Å². The zero-order chi connectivity index (χ0) is 21.6. The number of halogens is 3. The Bertz CT molecular complexity index is 850. The van der Waals surface area contributed by atoms with Crippen molar-refractivity contribution in [1.29, 1.82) is 0 Å². The molecule has 0 aliphatic carbocycles. The molecule has 0 aromatic heterocycles. The second kappa shape index (κ2) is 9.84. The van der Waals surface area contributed by atoms with E-state index in [0.717, 1.165) is 11.6 Å². The van der Waals surface area contributed by atoms with Crippen molar-refractivity contribution >= 4 is 11.7 Å². The second-order valence-electron chi connectivity index (χ2n) is 7.01. The van der Waals surface area contributed by atoms with Crippen LogP contribution in [0.15, 0.2) is 48.5 Å². The summed E-state index contributed by atoms with van der Waals surface area (Å²) in [5, 5.41) is 0. The number of rotatable bonds is 7. The molecular formula is C22H25F3N2O3. The molecule has 0 bridgehead atoms. The van der Waals surface area contributed by atoms with Crippen LogP contribution in [0.2, 0.25) is 0 Å². The zero-order valence-electron chi connectivity index (χ0n) is 16.8. The molecule has 5 nitrogen and oxygen atoms in total. The molecule has 0 N–H and O–H groups in total. The molecular weight excluding hydrogens is 397 g/mol. The minimum atomic E-state index is -4.34. The molecule has 2 aromatic rings. The standard InChI is InChI=1S/C22H25F3N2O3/c1-2-29-21(28)16-30-20-9-4-3-6-17(20)15-26-10-12-27(13-11-26)19-8-5-7-18(14-19)22(23,24)25/h3-9,14H,2,10-13,15-16H2,1H3. The maximum absolute atomic E-state index is 13.0. The van der Waals surface area contributed by atoms with Gasteiger partial charge in [-0.05, 0) is 31.2 Å². The van der Waals surface area contributed by atoms with Crippen LogP contribution in [-0.2, 0) is 22.3 Å². The molecule has 1 aliphatic rings. The van der Waals surface area contributed by atoms with E-state index in [2.05, 4.69) is 4.90 Å². The van der Waals surface area contributed by atoms with Crippen molar-refractivity contribution in [1.82, 2.24) is 4.90 Å². The van der Waals surface area contributed by atoms with Crippen LogP contribution in [0.25, 0.3) is 0 Å². The number of ether oxygens (including phenoxy) is 2. The Morgan fingerprint density at radius 2 is 1.77 bits per heavy atom. The number of piperazine rings is 1. The number of hydrogen-bond donors (Lipinski definition) is 0. The molecule has 1 saturated heterocycles. The quantitative estimate of drug-likeness (QED) is 0.632. The van der Waals surface area contributed by atoms with Gasteiger partial charge >= 0.3 is 12.1 Å². The summed E-state index contributed by atoms with van der Waals surface area (Å²) < 4.78 is 49.4. The van der Waals surface area contributed by atoms with Gasteiger partial charge < -0.3 is 14.4 Å². The first-order valence-corrected chi connectivity index (χ1v) is 9.87. The number of nitrogens with zero attached hydrogens (tertiary/aromatic N) is 2. The number of alkyl halides is 3. The molecule has 1 aliphatic heterocycles. The minimum absolute atomic E-state index is 0.145. The predicted octanol–water partition coefficient (Wildman–Crippen LogP) is 3.97. The SMILES string of the molecule is CCOC(=O)COc1ccccc1CN1CCN(c2cccc(C(F)(F)F)c2)CC1. The van der Waals surface area contributed by atoms with Crippen molar-refractivity contribution in [3.63, 3.8) is 0 Å². The largest absolute Gasteiger partial charge is 0.482 e. The molecule has 8 heteroatoms. The fourth-order valence-electron chi connectivity index (χ4n) is 3.40. The Morgan fingerprint density at radius 1 is 1.03 bits per heavy atom. The first-order valence-electron chi connectivity index (χ1n) is 9.87. The maximum Gasteiger partial charge on any atom is 0.416 e. The fraction of sp³-hybridized carbons (Fsp3) is 0.409. The van der Waals surface area contributed by atoms with E-state index in [1.165, 1.54) is 12.1 Å². The summed E-state index contributed by atoms with van der Waals surface area (Å²) in [5.41, 5.74) is 0.909. The lowest BCUT2D eigenvalue weighted by molar-refractivity contribution is -0.145. The molecule has 0 unspecified atom stereocenters. The highest BCUT2D eigenvalue weighted by atomic mass is 19.4. The summed E-state index contributed by atoms with van der Waals surface area (Å²) in [7, 11) is 0. The third kappa shape index (κ3) is 5.89. The van der Waals surface area contributed by atoms with E-state index < -0.39 is 17.7 Å². The molecule has 3 rings (SSSR count). The summed E-state index contributed by atoms with van der Waals surface area (Å²) in [5.74, 6) is 0.216. The van der Waals surface area contributed by atoms with Crippen molar-refractivity contribution in [3.8, 4) is 5.75 Å². The summed E-state index contributed by atoms with van der Waals surface area (Å²) >= 11 is 0. The molecule has 0 spiro atoms. The van der Waals surface area contributed by atoms with Crippen LogP contribution in [0.1, 0.15) is 18.1 Å². The molecule has 162 valence electrons. The van der Waals surface area contributed by atoms with Gasteiger partial charge in [0.25, 0.3) is 0 Å². The smallest absolute Gasteiger partial charge is 0.416 e. The van der Waals surface area contributed by atoms with E-state index in [9.17, 15) is 18.0 Å². The van der Waals surface area contributed by atoms with Gasteiger partial charge in [0.05, 0.1) is 12.2 Å². The number of carbonyl (C=O) groups is 1. The van der Waals surface area contributed by atoms with E-state index in [1.54, 1.807) is 13.0 Å². The Hall–Kier alpha value is -2.74. The van der Waals surface area contributed by atoms with Gasteiger partial charge in [0, 0.05) is 44.0 Å². The van der Waals surface area contributed by atoms with Gasteiger partial charge in [-0.2, -0.15) is 13.2 Å². The van der Waals surface area contributed by atoms with Gasteiger partial charge in [0.15, 0.2) is 6.61 Å². The van der Waals surface area contributed by atoms with Crippen LogP contribution in [0.3, 0.4) is 0 Å². The Morgan fingerprint density at radius 3 is 2.47 bits per heavy atom. The normalized spacial score (nSPS) is 15.1. The van der Waals surface area contributed by atoms with E-state index in [4.69, 9.17) is 9.47 Å². The molecule has 2 aromatic carbocycles.